The molecule has 0 fully saturated rings. The van der Waals surface area contributed by atoms with Crippen LogP contribution in [0.4, 0.5) is 0 Å². The van der Waals surface area contributed by atoms with Crippen molar-refractivity contribution in [1.29, 1.82) is 0 Å². The largest absolute Gasteiger partial charge is 0.443 e. The summed E-state index contributed by atoms with van der Waals surface area (Å²) in [6.07, 6.45) is 46.5. The number of carbonyl (C=O) groups is 1. The molecule has 47 heavy (non-hydrogen) atoms. The molecule has 0 aliphatic carbocycles. The molecular formula is C44H87NO2. The van der Waals surface area contributed by atoms with Crippen LogP contribution in [-0.4, -0.2) is 30.2 Å². The van der Waals surface area contributed by atoms with Crippen LogP contribution in [-0.2, 0) is 9.53 Å². The van der Waals surface area contributed by atoms with Gasteiger partial charge in [0.1, 0.15) is 0 Å². The maximum absolute atomic E-state index is 12.4. The Morgan fingerprint density at radius 1 is 0.447 bits per heavy atom. The zero-order chi connectivity index (χ0) is 34.5. The van der Waals surface area contributed by atoms with E-state index >= 15 is 0 Å². The molecule has 0 saturated heterocycles. The second-order valence-electron chi connectivity index (χ2n) is 15.1. The fourth-order valence-electron chi connectivity index (χ4n) is 6.91. The zero-order valence-corrected chi connectivity index (χ0v) is 33.0. The molecule has 0 aromatic rings. The van der Waals surface area contributed by atoms with Gasteiger partial charge in [0.25, 0.3) is 0 Å². The molecule has 1 unspecified atom stereocenters. The summed E-state index contributed by atoms with van der Waals surface area (Å²) in [4.78, 5) is 14.9. The van der Waals surface area contributed by atoms with Gasteiger partial charge in [-0.25, -0.2) is 4.79 Å². The Kier molecular flexibility index (Phi) is 37.3. The average Bonchev–Trinajstić information content (AvgIpc) is 3.06. The molecule has 0 N–H and O–H groups in total. The molecular weight excluding hydrogens is 574 g/mol. The zero-order valence-electron chi connectivity index (χ0n) is 33.0. The third-order valence-electron chi connectivity index (χ3n) is 10.1. The molecule has 0 saturated carbocycles. The van der Waals surface area contributed by atoms with Crippen LogP contribution in [0, 0.1) is 0 Å². The number of esters is 1. The first-order valence-electron chi connectivity index (χ1n) is 21.7. The fraction of sp³-hybridized carbons (Fsp3) is 0.932. The first-order valence-corrected chi connectivity index (χ1v) is 21.7. The molecule has 280 valence electrons. The van der Waals surface area contributed by atoms with Gasteiger partial charge in [0.2, 0.25) is 0 Å². The summed E-state index contributed by atoms with van der Waals surface area (Å²) in [6, 6.07) is 0. The first-order chi connectivity index (χ1) is 23.1. The van der Waals surface area contributed by atoms with E-state index in [1.165, 1.54) is 205 Å². The third kappa shape index (κ3) is 33.4. The lowest BCUT2D eigenvalue weighted by atomic mass is 10.0. The van der Waals surface area contributed by atoms with Crippen LogP contribution in [0.25, 0.3) is 0 Å². The Balaban J connectivity index is 4.08. The van der Waals surface area contributed by atoms with Gasteiger partial charge in [0, 0.05) is 18.7 Å². The van der Waals surface area contributed by atoms with Crippen molar-refractivity contribution in [3.8, 4) is 0 Å². The van der Waals surface area contributed by atoms with E-state index in [-0.39, 0.29) is 12.2 Å². The Morgan fingerprint density at radius 3 is 0.936 bits per heavy atom. The molecule has 0 aromatic heterocycles. The van der Waals surface area contributed by atoms with Gasteiger partial charge in [0.15, 0.2) is 6.23 Å². The normalized spacial score (nSPS) is 12.2. The monoisotopic (exact) mass is 662 g/mol. The Morgan fingerprint density at radius 2 is 0.702 bits per heavy atom. The van der Waals surface area contributed by atoms with Crippen LogP contribution in [0.2, 0.25) is 0 Å². The molecule has 3 heteroatoms. The minimum Gasteiger partial charge on any atom is -0.443 e. The molecule has 0 heterocycles. The van der Waals surface area contributed by atoms with Gasteiger partial charge in [-0.3, -0.25) is 4.90 Å². The summed E-state index contributed by atoms with van der Waals surface area (Å²) in [5, 5.41) is 0. The molecule has 0 rings (SSSR count). The van der Waals surface area contributed by atoms with E-state index in [1.54, 1.807) is 6.92 Å². The number of carbonyl (C=O) groups excluding carboxylic acids is 1. The lowest BCUT2D eigenvalue weighted by Gasteiger charge is -2.31. The number of unbranched alkanes of at least 4 members (excludes halogenated alkanes) is 30. The predicted molar refractivity (Wildman–Crippen MR) is 210 cm³/mol. The highest BCUT2D eigenvalue weighted by Gasteiger charge is 2.21. The highest BCUT2D eigenvalue weighted by molar-refractivity contribution is 5.87. The molecule has 0 spiro atoms. The van der Waals surface area contributed by atoms with Crippen molar-refractivity contribution in [3.63, 3.8) is 0 Å². The summed E-state index contributed by atoms with van der Waals surface area (Å²) >= 11 is 0. The highest BCUT2D eigenvalue weighted by Crippen LogP contribution is 2.18. The molecule has 3 nitrogen and oxygen atoms in total. The predicted octanol–water partition coefficient (Wildman–Crippen LogP) is 15.1. The average molecular weight is 662 g/mol. The third-order valence-corrected chi connectivity index (χ3v) is 10.1. The second kappa shape index (κ2) is 38.0. The van der Waals surface area contributed by atoms with E-state index in [0.717, 1.165) is 25.9 Å². The molecule has 0 aromatic carbocycles. The van der Waals surface area contributed by atoms with Crippen molar-refractivity contribution in [2.45, 2.75) is 252 Å². The number of rotatable bonds is 39. The van der Waals surface area contributed by atoms with E-state index < -0.39 is 0 Å². The van der Waals surface area contributed by atoms with Crippen LogP contribution in [0.1, 0.15) is 246 Å². The smallest absolute Gasteiger partial charge is 0.334 e. The lowest BCUT2D eigenvalue weighted by Crippen LogP contribution is -2.40. The SMILES string of the molecule is C=C(C)C(=O)OC(CCC)N(CCCCCCCCCCCCCCCCCC)CCCCCCCCCCCCCCCCCC. The maximum atomic E-state index is 12.4. The van der Waals surface area contributed by atoms with E-state index in [1.807, 2.05) is 0 Å². The van der Waals surface area contributed by atoms with Gasteiger partial charge in [-0.05, 0) is 26.2 Å². The van der Waals surface area contributed by atoms with Crippen molar-refractivity contribution >= 4 is 5.97 Å². The molecule has 0 aliphatic heterocycles. The Labute approximate surface area is 297 Å². The van der Waals surface area contributed by atoms with Crippen LogP contribution in [0.3, 0.4) is 0 Å². The van der Waals surface area contributed by atoms with E-state index in [2.05, 4.69) is 32.3 Å². The van der Waals surface area contributed by atoms with Crippen LogP contribution in [0.5, 0.6) is 0 Å². The van der Waals surface area contributed by atoms with Crippen molar-refractivity contribution in [2.75, 3.05) is 13.1 Å². The van der Waals surface area contributed by atoms with Crippen LogP contribution < -0.4 is 0 Å². The molecule has 0 bridgehead atoms. The van der Waals surface area contributed by atoms with Gasteiger partial charge in [0.05, 0.1) is 0 Å². The number of nitrogens with zero attached hydrogens (tertiary/aromatic N) is 1. The number of hydrogen-bond donors (Lipinski definition) is 0. The summed E-state index contributed by atoms with van der Waals surface area (Å²) < 4.78 is 5.96. The second-order valence-corrected chi connectivity index (χ2v) is 15.1. The fourth-order valence-corrected chi connectivity index (χ4v) is 6.91. The minimum atomic E-state index is -0.229. The van der Waals surface area contributed by atoms with Crippen LogP contribution >= 0.6 is 0 Å². The van der Waals surface area contributed by atoms with Gasteiger partial charge in [-0.1, -0.05) is 226 Å². The topological polar surface area (TPSA) is 29.5 Å². The standard InChI is InChI=1S/C44H87NO2/c1-6-9-11-13-15-17-19-21-23-25-27-29-31-33-35-37-40-45(43(39-8-3)47-44(46)42(4)5)41-38-36-34-32-30-28-26-24-22-20-18-16-14-12-10-7-2/h43H,4,6-41H2,1-3,5H3. The van der Waals surface area contributed by atoms with Gasteiger partial charge < -0.3 is 4.74 Å². The first kappa shape index (κ1) is 46.2. The van der Waals surface area contributed by atoms with Gasteiger partial charge >= 0.3 is 5.97 Å². The summed E-state index contributed by atoms with van der Waals surface area (Å²) in [7, 11) is 0. The minimum absolute atomic E-state index is 0.100. The van der Waals surface area contributed by atoms with Gasteiger partial charge in [-0.2, -0.15) is 0 Å². The Hall–Kier alpha value is -0.830. The molecule has 0 radical (unpaired) electrons. The summed E-state index contributed by atoms with van der Waals surface area (Å²) in [6.45, 7) is 14.5. The quantitative estimate of drug-likeness (QED) is 0.0284. The number of ether oxygens (including phenoxy) is 1. The summed E-state index contributed by atoms with van der Waals surface area (Å²) in [5.41, 5.74) is 0.510. The maximum Gasteiger partial charge on any atom is 0.334 e. The van der Waals surface area contributed by atoms with E-state index in [0.29, 0.717) is 5.57 Å². The van der Waals surface area contributed by atoms with E-state index in [4.69, 9.17) is 4.74 Å². The van der Waals surface area contributed by atoms with Crippen molar-refractivity contribution in [2.24, 2.45) is 0 Å². The molecule has 0 amide bonds. The Bertz CT molecular complexity index is 611. The van der Waals surface area contributed by atoms with Crippen molar-refractivity contribution < 1.29 is 9.53 Å². The van der Waals surface area contributed by atoms with Crippen molar-refractivity contribution in [3.05, 3.63) is 12.2 Å². The summed E-state index contributed by atoms with van der Waals surface area (Å²) in [5.74, 6) is -0.229. The van der Waals surface area contributed by atoms with Crippen LogP contribution in [0.15, 0.2) is 12.2 Å². The van der Waals surface area contributed by atoms with E-state index in [9.17, 15) is 4.79 Å². The highest BCUT2D eigenvalue weighted by atomic mass is 16.6. The molecule has 1 atom stereocenters. The van der Waals surface area contributed by atoms with Crippen molar-refractivity contribution in [1.82, 2.24) is 4.90 Å². The van der Waals surface area contributed by atoms with Gasteiger partial charge in [-0.15, -0.1) is 0 Å². The number of hydrogen-bond acceptors (Lipinski definition) is 3. The molecule has 0 aliphatic rings. The lowest BCUT2D eigenvalue weighted by molar-refractivity contribution is -0.155.